The smallest absolute Gasteiger partial charge is 0.295 e. The summed E-state index contributed by atoms with van der Waals surface area (Å²) >= 11 is 0. The number of aromatic nitrogens is 1. The molecule has 1 aromatic carbocycles. The number of ether oxygens (including phenoxy) is 1. The number of aliphatic hydroxyl groups excluding tert-OH is 1. The molecule has 0 saturated carbocycles. The van der Waals surface area contributed by atoms with Crippen molar-refractivity contribution in [3.8, 4) is 5.75 Å². The Morgan fingerprint density at radius 3 is 2.58 bits per heavy atom. The first kappa shape index (κ1) is 22.5. The molecule has 164 valence electrons. The van der Waals surface area contributed by atoms with Crippen LogP contribution >= 0.6 is 0 Å². The summed E-state index contributed by atoms with van der Waals surface area (Å²) in [6, 6.07) is 8.16. The lowest BCUT2D eigenvalue weighted by atomic mass is 9.93. The van der Waals surface area contributed by atoms with Crippen LogP contribution in [0.3, 0.4) is 0 Å². The average Bonchev–Trinajstić information content (AvgIpc) is 3.02. The third kappa shape index (κ3) is 4.46. The Morgan fingerprint density at radius 1 is 1.26 bits per heavy atom. The van der Waals surface area contributed by atoms with Gasteiger partial charge in [0.15, 0.2) is 0 Å². The van der Waals surface area contributed by atoms with Crippen LogP contribution in [0, 0.1) is 0 Å². The van der Waals surface area contributed by atoms with E-state index in [-0.39, 0.29) is 17.3 Å². The van der Waals surface area contributed by atoms with Crippen LogP contribution in [0.25, 0.3) is 5.76 Å². The first-order valence-electron chi connectivity index (χ1n) is 10.3. The van der Waals surface area contributed by atoms with Crippen LogP contribution in [0.15, 0.2) is 48.3 Å². The Morgan fingerprint density at radius 2 is 2.00 bits per heavy atom. The molecule has 1 saturated heterocycles. The van der Waals surface area contributed by atoms with Crippen LogP contribution < -0.4 is 4.74 Å². The number of ketones is 1. The van der Waals surface area contributed by atoms with Crippen LogP contribution in [-0.2, 0) is 9.59 Å². The normalized spacial score (nSPS) is 18.3. The maximum atomic E-state index is 13.0. The Balaban J connectivity index is 2.16. The van der Waals surface area contributed by atoms with E-state index >= 15 is 0 Å². The molecule has 7 heteroatoms. The van der Waals surface area contributed by atoms with Crippen molar-refractivity contribution in [1.29, 1.82) is 0 Å². The summed E-state index contributed by atoms with van der Waals surface area (Å²) in [5.74, 6) is -0.632. The van der Waals surface area contributed by atoms with Gasteiger partial charge in [0.05, 0.1) is 18.7 Å². The lowest BCUT2D eigenvalue weighted by molar-refractivity contribution is -0.140. The van der Waals surface area contributed by atoms with Gasteiger partial charge in [-0.3, -0.25) is 14.6 Å². The average molecular weight is 424 g/mol. The number of aliphatic hydroxyl groups is 1. The molecule has 0 bridgehead atoms. The summed E-state index contributed by atoms with van der Waals surface area (Å²) in [4.78, 5) is 33.5. The second kappa shape index (κ2) is 9.31. The number of hydrogen-bond donors (Lipinski definition) is 1. The minimum atomic E-state index is -0.696. The molecule has 0 aliphatic carbocycles. The van der Waals surface area contributed by atoms with Crippen LogP contribution in [0.2, 0.25) is 0 Å². The van der Waals surface area contributed by atoms with Crippen molar-refractivity contribution >= 4 is 17.4 Å². The Bertz CT molecular complexity index is 999. The number of nitrogens with zero attached hydrogens (tertiary/aromatic N) is 3. The predicted molar refractivity (Wildman–Crippen MR) is 119 cm³/mol. The molecule has 3 rings (SSSR count). The van der Waals surface area contributed by atoms with E-state index in [9.17, 15) is 14.7 Å². The zero-order valence-electron chi connectivity index (χ0n) is 18.6. The standard InChI is InChI=1S/C24H29N3O4/c1-15(2)18-13-16(8-9-19(18)31-5)22(28)20-21(17-7-6-10-25-14-17)27(12-11-26(3)4)24(30)23(20)29/h6-10,13-15,21,28H,11-12H2,1-5H3/b22-20-. The van der Waals surface area contributed by atoms with Gasteiger partial charge in [0.1, 0.15) is 11.5 Å². The third-order valence-electron chi connectivity index (χ3n) is 5.45. The fourth-order valence-electron chi connectivity index (χ4n) is 3.79. The summed E-state index contributed by atoms with van der Waals surface area (Å²) in [5, 5.41) is 11.2. The van der Waals surface area contributed by atoms with Gasteiger partial charge in [0.2, 0.25) is 0 Å². The van der Waals surface area contributed by atoms with E-state index in [0.717, 1.165) is 5.56 Å². The van der Waals surface area contributed by atoms with Crippen molar-refractivity contribution in [2.45, 2.75) is 25.8 Å². The molecule has 1 aromatic heterocycles. The van der Waals surface area contributed by atoms with Crippen molar-refractivity contribution < 1.29 is 19.4 Å². The van der Waals surface area contributed by atoms with Crippen LogP contribution in [-0.4, -0.2) is 65.9 Å². The summed E-state index contributed by atoms with van der Waals surface area (Å²) in [6.45, 7) is 4.99. The highest BCUT2D eigenvalue weighted by Crippen LogP contribution is 2.40. The first-order chi connectivity index (χ1) is 14.8. The number of likely N-dealkylation sites (tertiary alicyclic amines) is 1. The van der Waals surface area contributed by atoms with Gasteiger partial charge in [0.25, 0.3) is 11.7 Å². The molecule has 1 N–H and O–H groups in total. The fraction of sp³-hybridized carbons (Fsp3) is 0.375. The lowest BCUT2D eigenvalue weighted by Gasteiger charge is -2.26. The van der Waals surface area contributed by atoms with Gasteiger partial charge in [0, 0.05) is 31.0 Å². The molecular formula is C24H29N3O4. The van der Waals surface area contributed by atoms with E-state index in [1.165, 1.54) is 4.90 Å². The zero-order chi connectivity index (χ0) is 22.7. The number of pyridine rings is 1. The minimum Gasteiger partial charge on any atom is -0.507 e. The largest absolute Gasteiger partial charge is 0.507 e. The van der Waals surface area contributed by atoms with Gasteiger partial charge in [-0.2, -0.15) is 0 Å². The van der Waals surface area contributed by atoms with Gasteiger partial charge < -0.3 is 19.6 Å². The first-order valence-corrected chi connectivity index (χ1v) is 10.3. The Labute approximate surface area is 183 Å². The summed E-state index contributed by atoms with van der Waals surface area (Å²) < 4.78 is 5.43. The van der Waals surface area contributed by atoms with Crippen molar-refractivity contribution in [1.82, 2.24) is 14.8 Å². The van der Waals surface area contributed by atoms with Gasteiger partial charge in [-0.05, 0) is 55.4 Å². The maximum Gasteiger partial charge on any atom is 0.295 e. The SMILES string of the molecule is COc1ccc(/C(O)=C2/C(=O)C(=O)N(CCN(C)C)C2c2cccnc2)cc1C(C)C. The Hall–Kier alpha value is -3.19. The predicted octanol–water partition coefficient (Wildman–Crippen LogP) is 3.20. The molecule has 1 fully saturated rings. The molecular weight excluding hydrogens is 394 g/mol. The zero-order valence-corrected chi connectivity index (χ0v) is 18.6. The van der Waals surface area contributed by atoms with Crippen molar-refractivity contribution in [2.24, 2.45) is 0 Å². The van der Waals surface area contributed by atoms with E-state index in [1.54, 1.807) is 37.7 Å². The molecule has 1 aliphatic heterocycles. The second-order valence-electron chi connectivity index (χ2n) is 8.19. The summed E-state index contributed by atoms with van der Waals surface area (Å²) in [7, 11) is 5.40. The van der Waals surface area contributed by atoms with E-state index in [0.29, 0.717) is 30.0 Å². The molecule has 1 atom stereocenters. The Kier molecular flexibility index (Phi) is 6.75. The van der Waals surface area contributed by atoms with Gasteiger partial charge >= 0.3 is 0 Å². The third-order valence-corrected chi connectivity index (χ3v) is 5.45. The number of hydrogen-bond acceptors (Lipinski definition) is 6. The molecule has 1 aliphatic rings. The lowest BCUT2D eigenvalue weighted by Crippen LogP contribution is -2.35. The van der Waals surface area contributed by atoms with Crippen LogP contribution in [0.5, 0.6) is 5.75 Å². The molecule has 0 spiro atoms. The molecule has 7 nitrogen and oxygen atoms in total. The number of benzene rings is 1. The topological polar surface area (TPSA) is 83.0 Å². The van der Waals surface area contributed by atoms with E-state index < -0.39 is 17.7 Å². The van der Waals surface area contributed by atoms with E-state index in [1.807, 2.05) is 45.0 Å². The van der Waals surface area contributed by atoms with E-state index in [4.69, 9.17) is 4.74 Å². The van der Waals surface area contributed by atoms with Crippen LogP contribution in [0.1, 0.15) is 42.5 Å². The molecule has 1 amide bonds. The van der Waals surface area contributed by atoms with Gasteiger partial charge in [-0.25, -0.2) is 0 Å². The van der Waals surface area contributed by atoms with E-state index in [2.05, 4.69) is 4.98 Å². The molecule has 0 radical (unpaired) electrons. The van der Waals surface area contributed by atoms with Crippen molar-refractivity contribution in [3.05, 3.63) is 65.0 Å². The summed E-state index contributed by atoms with van der Waals surface area (Å²) in [6.07, 6.45) is 3.26. The van der Waals surface area contributed by atoms with Crippen molar-refractivity contribution in [2.75, 3.05) is 34.3 Å². The number of likely N-dealkylation sites (N-methyl/N-ethyl adjacent to an activating group) is 1. The number of Topliss-reactive ketones (excluding diaryl/α,β-unsaturated/α-hetero) is 1. The highest BCUT2D eigenvalue weighted by Gasteiger charge is 2.46. The minimum absolute atomic E-state index is 0.0802. The maximum absolute atomic E-state index is 13.0. The highest BCUT2D eigenvalue weighted by molar-refractivity contribution is 6.46. The number of rotatable bonds is 7. The second-order valence-corrected chi connectivity index (χ2v) is 8.19. The molecule has 1 unspecified atom stereocenters. The molecule has 31 heavy (non-hydrogen) atoms. The molecule has 2 heterocycles. The monoisotopic (exact) mass is 423 g/mol. The number of amides is 1. The number of carbonyl (C=O) groups is 2. The number of methoxy groups -OCH3 is 1. The quantitative estimate of drug-likeness (QED) is 0.418. The number of carbonyl (C=O) groups excluding carboxylic acids is 2. The molecule has 2 aromatic rings. The summed E-state index contributed by atoms with van der Waals surface area (Å²) in [5.41, 5.74) is 2.14. The van der Waals surface area contributed by atoms with Gasteiger partial charge in [-0.15, -0.1) is 0 Å². The van der Waals surface area contributed by atoms with Crippen molar-refractivity contribution in [3.63, 3.8) is 0 Å². The highest BCUT2D eigenvalue weighted by atomic mass is 16.5. The fourth-order valence-corrected chi connectivity index (χ4v) is 3.79. The van der Waals surface area contributed by atoms with Crippen LogP contribution in [0.4, 0.5) is 0 Å². The van der Waals surface area contributed by atoms with Gasteiger partial charge in [-0.1, -0.05) is 19.9 Å².